The van der Waals surface area contributed by atoms with Crippen molar-refractivity contribution >= 4 is 0 Å². The van der Waals surface area contributed by atoms with E-state index in [0.29, 0.717) is 35.5 Å². The molecule has 4 rings (SSSR count). The van der Waals surface area contributed by atoms with E-state index in [2.05, 4.69) is 41.2 Å². The van der Waals surface area contributed by atoms with E-state index in [-0.39, 0.29) is 5.41 Å². The summed E-state index contributed by atoms with van der Waals surface area (Å²) in [5.74, 6) is 2.83. The fourth-order valence-corrected chi connectivity index (χ4v) is 8.42. The van der Waals surface area contributed by atoms with Crippen LogP contribution in [-0.2, 0) is 0 Å². The molecule has 4 aliphatic rings. The van der Waals surface area contributed by atoms with Crippen molar-refractivity contribution in [3.8, 4) is 0 Å². The smallest absolute Gasteiger partial charge is 0.102 e. The van der Waals surface area contributed by atoms with E-state index in [9.17, 15) is 15.3 Å². The van der Waals surface area contributed by atoms with Crippen LogP contribution in [0.25, 0.3) is 0 Å². The van der Waals surface area contributed by atoms with Gasteiger partial charge in [0.1, 0.15) is 11.7 Å². The predicted octanol–water partition coefficient (Wildman–Crippen LogP) is 5.64. The van der Waals surface area contributed by atoms with Gasteiger partial charge in [0.25, 0.3) is 0 Å². The van der Waals surface area contributed by atoms with Crippen LogP contribution < -0.4 is 0 Å². The van der Waals surface area contributed by atoms with Crippen LogP contribution in [-0.4, -0.2) is 33.1 Å². The maximum Gasteiger partial charge on any atom is 0.102 e. The van der Waals surface area contributed by atoms with Crippen molar-refractivity contribution in [2.45, 2.75) is 110 Å². The van der Waals surface area contributed by atoms with Crippen LogP contribution in [0.2, 0.25) is 0 Å². The molecule has 0 aromatic rings. The molecule has 0 aliphatic heterocycles. The van der Waals surface area contributed by atoms with Gasteiger partial charge >= 0.3 is 0 Å². The van der Waals surface area contributed by atoms with Gasteiger partial charge in [0, 0.05) is 11.8 Å². The minimum Gasteiger partial charge on any atom is -0.393 e. The van der Waals surface area contributed by atoms with Gasteiger partial charge in [-0.25, -0.2) is 0 Å². The summed E-state index contributed by atoms with van der Waals surface area (Å²) >= 11 is 0. The lowest BCUT2D eigenvalue weighted by Crippen LogP contribution is -2.65. The molecule has 3 saturated carbocycles. The quantitative estimate of drug-likeness (QED) is 0.495. The van der Waals surface area contributed by atoms with Crippen LogP contribution in [0.1, 0.15) is 92.4 Å². The molecular formula is C28H46O3. The van der Waals surface area contributed by atoms with E-state index in [1.807, 2.05) is 6.08 Å². The van der Waals surface area contributed by atoms with Gasteiger partial charge < -0.3 is 15.3 Å². The van der Waals surface area contributed by atoms with Crippen molar-refractivity contribution in [1.29, 1.82) is 0 Å². The summed E-state index contributed by atoms with van der Waals surface area (Å²) in [7, 11) is 0. The van der Waals surface area contributed by atoms with E-state index in [1.54, 1.807) is 0 Å². The molecule has 3 N–H and O–H groups in total. The number of rotatable bonds is 5. The van der Waals surface area contributed by atoms with Crippen LogP contribution in [0, 0.1) is 40.4 Å². The summed E-state index contributed by atoms with van der Waals surface area (Å²) in [6.07, 6.45) is 9.64. The molecule has 0 amide bonds. The molecule has 0 radical (unpaired) electrons. The Bertz CT molecular complexity index is 741. The monoisotopic (exact) mass is 430 g/mol. The molecule has 4 aliphatic carbocycles. The van der Waals surface area contributed by atoms with E-state index in [0.717, 1.165) is 31.6 Å². The van der Waals surface area contributed by atoms with Crippen molar-refractivity contribution in [1.82, 2.24) is 0 Å². The van der Waals surface area contributed by atoms with Gasteiger partial charge in [-0.2, -0.15) is 0 Å². The highest BCUT2D eigenvalue weighted by Gasteiger charge is 2.64. The first-order valence-corrected chi connectivity index (χ1v) is 12.9. The zero-order chi connectivity index (χ0) is 22.8. The van der Waals surface area contributed by atoms with Gasteiger partial charge in [-0.3, -0.25) is 0 Å². The second-order valence-corrected chi connectivity index (χ2v) is 12.5. The molecule has 9 atom stereocenters. The maximum absolute atomic E-state index is 11.6. The summed E-state index contributed by atoms with van der Waals surface area (Å²) in [5.41, 5.74) is 1.57. The largest absolute Gasteiger partial charge is 0.393 e. The fourth-order valence-electron chi connectivity index (χ4n) is 8.42. The molecule has 0 aromatic heterocycles. The molecule has 2 unspecified atom stereocenters. The molecule has 0 saturated heterocycles. The average molecular weight is 431 g/mol. The Morgan fingerprint density at radius 3 is 2.45 bits per heavy atom. The number of aliphatic hydroxyl groups is 3. The van der Waals surface area contributed by atoms with Crippen molar-refractivity contribution in [2.24, 2.45) is 40.4 Å². The van der Waals surface area contributed by atoms with Crippen LogP contribution in [0.3, 0.4) is 0 Å². The average Bonchev–Trinajstić information content (AvgIpc) is 3.05. The normalized spacial score (nSPS) is 47.9. The van der Waals surface area contributed by atoms with Gasteiger partial charge in [0.05, 0.1) is 6.10 Å². The standard InChI is InChI=1S/C28H46O3/c1-17(2)18(3)7-8-19(4)22-9-10-23-21-15-25(30)28(31)16-20(29)11-14-27(28,6)24(21)12-13-26(22,23)5/h15,17,19-20,22-25,29-31H,3,7-14,16H2,1-2,4-6H3/t19-,20+,22-,23?,24?,25-,26-,27-,28+/m1/s1. The lowest BCUT2D eigenvalue weighted by atomic mass is 9.45. The van der Waals surface area contributed by atoms with E-state index < -0.39 is 17.8 Å². The van der Waals surface area contributed by atoms with E-state index >= 15 is 0 Å². The van der Waals surface area contributed by atoms with Gasteiger partial charge in [-0.1, -0.05) is 58.4 Å². The van der Waals surface area contributed by atoms with Crippen LogP contribution in [0.15, 0.2) is 23.8 Å². The SMILES string of the molecule is C=C(CC[C@@H](C)[C@H]1CCC2C3=C[C@@H](O)[C@@]4(O)C[C@@H](O)CC[C@]4(C)C3CC[C@@]21C)C(C)C. The highest BCUT2D eigenvalue weighted by molar-refractivity contribution is 5.33. The molecule has 176 valence electrons. The molecule has 0 aromatic carbocycles. The first-order chi connectivity index (χ1) is 14.4. The van der Waals surface area contributed by atoms with E-state index in [4.69, 9.17) is 0 Å². The molecular weight excluding hydrogens is 384 g/mol. The summed E-state index contributed by atoms with van der Waals surface area (Å²) < 4.78 is 0. The Hall–Kier alpha value is -0.640. The van der Waals surface area contributed by atoms with Crippen molar-refractivity contribution < 1.29 is 15.3 Å². The summed E-state index contributed by atoms with van der Waals surface area (Å²) in [5, 5.41) is 32.9. The van der Waals surface area contributed by atoms with Gasteiger partial charge in [0.2, 0.25) is 0 Å². The van der Waals surface area contributed by atoms with Gasteiger partial charge in [-0.15, -0.1) is 0 Å². The Balaban J connectivity index is 1.58. The Labute approximate surface area is 190 Å². The van der Waals surface area contributed by atoms with Gasteiger partial charge in [-0.05, 0) is 86.4 Å². The predicted molar refractivity (Wildman–Crippen MR) is 126 cm³/mol. The van der Waals surface area contributed by atoms with Crippen molar-refractivity contribution in [2.75, 3.05) is 0 Å². The maximum atomic E-state index is 11.6. The molecule has 3 fully saturated rings. The minimum atomic E-state index is -1.20. The number of hydrogen-bond donors (Lipinski definition) is 3. The third-order valence-corrected chi connectivity index (χ3v) is 10.8. The highest BCUT2D eigenvalue weighted by Crippen LogP contribution is 2.67. The second kappa shape index (κ2) is 7.99. The Kier molecular flexibility index (Phi) is 6.06. The van der Waals surface area contributed by atoms with Crippen LogP contribution in [0.4, 0.5) is 0 Å². The summed E-state index contributed by atoms with van der Waals surface area (Å²) in [4.78, 5) is 0. The third kappa shape index (κ3) is 3.49. The topological polar surface area (TPSA) is 60.7 Å². The minimum absolute atomic E-state index is 0.292. The molecule has 3 heteroatoms. The van der Waals surface area contributed by atoms with Crippen molar-refractivity contribution in [3.05, 3.63) is 23.8 Å². The first-order valence-electron chi connectivity index (χ1n) is 12.9. The summed E-state index contributed by atoms with van der Waals surface area (Å²) in [6, 6.07) is 0. The zero-order valence-corrected chi connectivity index (χ0v) is 20.5. The van der Waals surface area contributed by atoms with Crippen LogP contribution in [0.5, 0.6) is 0 Å². The molecule has 0 spiro atoms. The number of allylic oxidation sites excluding steroid dienone is 2. The Morgan fingerprint density at radius 1 is 1.06 bits per heavy atom. The lowest BCUT2D eigenvalue weighted by molar-refractivity contribution is -0.210. The number of aliphatic hydroxyl groups excluding tert-OH is 2. The molecule has 0 heterocycles. The summed E-state index contributed by atoms with van der Waals surface area (Å²) in [6.45, 7) is 15.9. The fraction of sp³-hybridized carbons (Fsp3) is 0.857. The third-order valence-electron chi connectivity index (χ3n) is 10.8. The molecule has 0 bridgehead atoms. The van der Waals surface area contributed by atoms with Crippen LogP contribution >= 0.6 is 0 Å². The number of fused-ring (bicyclic) bond motifs is 5. The Morgan fingerprint density at radius 2 is 1.77 bits per heavy atom. The highest BCUT2D eigenvalue weighted by atomic mass is 16.3. The molecule has 31 heavy (non-hydrogen) atoms. The van der Waals surface area contributed by atoms with Crippen molar-refractivity contribution in [3.63, 3.8) is 0 Å². The molecule has 3 nitrogen and oxygen atoms in total. The number of hydrogen-bond acceptors (Lipinski definition) is 3. The first kappa shape index (κ1) is 23.5. The lowest BCUT2D eigenvalue weighted by Gasteiger charge is -2.62. The van der Waals surface area contributed by atoms with Gasteiger partial charge in [0.15, 0.2) is 0 Å². The van der Waals surface area contributed by atoms with E-state index in [1.165, 1.54) is 36.8 Å². The zero-order valence-electron chi connectivity index (χ0n) is 20.5. The second-order valence-electron chi connectivity index (χ2n) is 12.5.